The molecule has 0 fully saturated rings. The summed E-state index contributed by atoms with van der Waals surface area (Å²) in [5.74, 6) is 0.0156. The highest BCUT2D eigenvalue weighted by Crippen LogP contribution is 2.31. The van der Waals surface area contributed by atoms with Crippen molar-refractivity contribution in [2.45, 2.75) is 18.9 Å². The lowest BCUT2D eigenvalue weighted by Crippen LogP contribution is -2.34. The summed E-state index contributed by atoms with van der Waals surface area (Å²) in [6.45, 7) is 9.83. The number of aromatic nitrogens is 3. The van der Waals surface area contributed by atoms with Gasteiger partial charge in [-0.25, -0.2) is 4.68 Å². The molecule has 1 heterocycles. The Hall–Kier alpha value is -2.24. The van der Waals surface area contributed by atoms with Crippen LogP contribution in [0.4, 0.5) is 0 Å². The second-order valence-corrected chi connectivity index (χ2v) is 5.15. The molecule has 0 spiro atoms. The van der Waals surface area contributed by atoms with Crippen molar-refractivity contribution in [3.63, 3.8) is 0 Å². The number of benzene rings is 1. The number of fused-ring (bicyclic) bond motifs is 1. The van der Waals surface area contributed by atoms with E-state index in [4.69, 9.17) is 5.73 Å². The summed E-state index contributed by atoms with van der Waals surface area (Å²) in [6.07, 6.45) is -0.0996. The smallest absolute Gasteiger partial charge is 0.125 e. The summed E-state index contributed by atoms with van der Waals surface area (Å²) >= 11 is 0. The fraction of sp³-hybridized carbons (Fsp3) is 0.286. The molecular weight excluding hydrogens is 249 g/mol. The molecule has 2 rings (SSSR count). The van der Waals surface area contributed by atoms with Crippen molar-refractivity contribution in [1.29, 1.82) is 0 Å². The standard InChI is InChI=1S/C14H20BN5/c1-9(2)19(4)14(13(15)10(3)16)20-12-8-6-5-7-11(12)17-18-20/h5-8,13-14H,1,3,15-16H2,2,4H3. The van der Waals surface area contributed by atoms with E-state index >= 15 is 0 Å². The Bertz CT molecular complexity index is 628. The highest BCUT2D eigenvalue weighted by atomic mass is 15.5. The summed E-state index contributed by atoms with van der Waals surface area (Å²) in [5, 5.41) is 8.50. The maximum atomic E-state index is 5.91. The third-order valence-electron chi connectivity index (χ3n) is 3.66. The Balaban J connectivity index is 2.56. The van der Waals surface area contributed by atoms with Crippen molar-refractivity contribution in [3.05, 3.63) is 48.8 Å². The highest BCUT2D eigenvalue weighted by Gasteiger charge is 2.27. The summed E-state index contributed by atoms with van der Waals surface area (Å²) in [6, 6.07) is 7.87. The molecule has 2 atom stereocenters. The SMILES string of the molecule is BC(C(=C)N)C(N(C)C(=C)C)n1nnc2ccccc21. The minimum absolute atomic E-state index is 0.0156. The van der Waals surface area contributed by atoms with Gasteiger partial charge in [0.25, 0.3) is 0 Å². The number of allylic oxidation sites excluding steroid dienone is 1. The van der Waals surface area contributed by atoms with Gasteiger partial charge in [-0.2, -0.15) is 0 Å². The van der Waals surface area contributed by atoms with E-state index in [0.29, 0.717) is 5.70 Å². The first-order valence-electron chi connectivity index (χ1n) is 6.56. The van der Waals surface area contributed by atoms with Crippen LogP contribution in [-0.2, 0) is 0 Å². The third-order valence-corrected chi connectivity index (χ3v) is 3.66. The molecule has 0 bridgehead atoms. The molecule has 0 aliphatic rings. The van der Waals surface area contributed by atoms with Crippen LogP contribution in [0.15, 0.2) is 48.8 Å². The minimum Gasteiger partial charge on any atom is -0.403 e. The molecule has 0 amide bonds. The van der Waals surface area contributed by atoms with E-state index in [0.717, 1.165) is 16.7 Å². The number of hydrogen-bond donors (Lipinski definition) is 1. The Kier molecular flexibility index (Phi) is 3.83. The van der Waals surface area contributed by atoms with Crippen LogP contribution < -0.4 is 5.73 Å². The topological polar surface area (TPSA) is 60.0 Å². The van der Waals surface area contributed by atoms with E-state index in [2.05, 4.69) is 23.5 Å². The van der Waals surface area contributed by atoms with Crippen molar-refractivity contribution < 1.29 is 0 Å². The molecule has 2 aromatic rings. The minimum atomic E-state index is -0.0996. The van der Waals surface area contributed by atoms with Gasteiger partial charge in [-0.1, -0.05) is 30.5 Å². The summed E-state index contributed by atoms with van der Waals surface area (Å²) in [7, 11) is 4.01. The molecule has 0 saturated carbocycles. The average molecular weight is 269 g/mol. The van der Waals surface area contributed by atoms with Crippen LogP contribution in [0.2, 0.25) is 5.82 Å². The number of para-hydroxylation sites is 1. The number of hydrogen-bond acceptors (Lipinski definition) is 4. The Labute approximate surface area is 120 Å². The van der Waals surface area contributed by atoms with Crippen molar-refractivity contribution in [3.8, 4) is 0 Å². The lowest BCUT2D eigenvalue weighted by atomic mass is 9.81. The lowest BCUT2D eigenvalue weighted by Gasteiger charge is -2.34. The van der Waals surface area contributed by atoms with E-state index < -0.39 is 0 Å². The Morgan fingerprint density at radius 2 is 2.05 bits per heavy atom. The molecule has 2 unspecified atom stereocenters. The predicted octanol–water partition coefficient (Wildman–Crippen LogP) is 1.29. The second-order valence-electron chi connectivity index (χ2n) is 5.15. The first-order chi connectivity index (χ1) is 9.43. The van der Waals surface area contributed by atoms with Gasteiger partial charge in [0, 0.05) is 18.6 Å². The van der Waals surface area contributed by atoms with Gasteiger partial charge in [0.15, 0.2) is 0 Å². The van der Waals surface area contributed by atoms with Crippen molar-refractivity contribution in [1.82, 2.24) is 19.9 Å². The van der Waals surface area contributed by atoms with Gasteiger partial charge in [-0.3, -0.25) is 0 Å². The summed E-state index contributed by atoms with van der Waals surface area (Å²) < 4.78 is 1.88. The molecule has 2 N–H and O–H groups in total. The molecular formula is C14H20BN5. The first-order valence-corrected chi connectivity index (χ1v) is 6.56. The summed E-state index contributed by atoms with van der Waals surface area (Å²) in [5.41, 5.74) is 9.29. The van der Waals surface area contributed by atoms with Crippen LogP contribution in [0, 0.1) is 0 Å². The number of nitrogens with zero attached hydrogens (tertiary/aromatic N) is 4. The monoisotopic (exact) mass is 269 g/mol. The second kappa shape index (κ2) is 5.40. The zero-order chi connectivity index (χ0) is 14.9. The van der Waals surface area contributed by atoms with E-state index in [9.17, 15) is 0 Å². The lowest BCUT2D eigenvalue weighted by molar-refractivity contribution is 0.210. The Morgan fingerprint density at radius 1 is 1.40 bits per heavy atom. The van der Waals surface area contributed by atoms with Gasteiger partial charge in [-0.15, -0.1) is 5.10 Å². The van der Waals surface area contributed by atoms with Crippen molar-refractivity contribution in [2.24, 2.45) is 5.73 Å². The van der Waals surface area contributed by atoms with E-state index in [1.54, 1.807) is 0 Å². The zero-order valence-corrected chi connectivity index (χ0v) is 12.2. The highest BCUT2D eigenvalue weighted by molar-refractivity contribution is 6.13. The largest absolute Gasteiger partial charge is 0.403 e. The molecule has 5 nitrogen and oxygen atoms in total. The number of nitrogens with two attached hydrogens (primary N) is 1. The third kappa shape index (κ3) is 2.41. The molecule has 1 aromatic heterocycles. The van der Waals surface area contributed by atoms with Crippen LogP contribution in [0.3, 0.4) is 0 Å². The van der Waals surface area contributed by atoms with Gasteiger partial charge in [0.05, 0.1) is 5.52 Å². The van der Waals surface area contributed by atoms with E-state index in [1.807, 2.05) is 55.7 Å². The molecule has 0 radical (unpaired) electrons. The molecule has 1 aromatic carbocycles. The Morgan fingerprint density at radius 3 is 2.65 bits per heavy atom. The number of rotatable bonds is 5. The maximum absolute atomic E-state index is 5.91. The normalized spacial score (nSPS) is 13.9. The molecule has 6 heteroatoms. The average Bonchev–Trinajstić information content (AvgIpc) is 2.82. The van der Waals surface area contributed by atoms with E-state index in [1.165, 1.54) is 0 Å². The van der Waals surface area contributed by atoms with Gasteiger partial charge in [-0.05, 0) is 24.8 Å². The maximum Gasteiger partial charge on any atom is 0.125 e. The van der Waals surface area contributed by atoms with Gasteiger partial charge >= 0.3 is 0 Å². The predicted molar refractivity (Wildman–Crippen MR) is 84.8 cm³/mol. The quantitative estimate of drug-likeness (QED) is 0.831. The van der Waals surface area contributed by atoms with Crippen LogP contribution in [0.25, 0.3) is 11.0 Å². The van der Waals surface area contributed by atoms with Gasteiger partial charge < -0.3 is 10.6 Å². The van der Waals surface area contributed by atoms with Crippen molar-refractivity contribution in [2.75, 3.05) is 7.05 Å². The molecule has 20 heavy (non-hydrogen) atoms. The first kappa shape index (κ1) is 14.2. The van der Waals surface area contributed by atoms with Gasteiger partial charge in [0.2, 0.25) is 0 Å². The fourth-order valence-corrected chi connectivity index (χ4v) is 2.21. The van der Waals surface area contributed by atoms with Crippen LogP contribution in [-0.4, -0.2) is 34.8 Å². The van der Waals surface area contributed by atoms with Crippen LogP contribution >= 0.6 is 0 Å². The van der Waals surface area contributed by atoms with Crippen molar-refractivity contribution >= 4 is 18.9 Å². The van der Waals surface area contributed by atoms with Crippen LogP contribution in [0.5, 0.6) is 0 Å². The van der Waals surface area contributed by atoms with E-state index in [-0.39, 0.29) is 12.0 Å². The van der Waals surface area contributed by atoms with Crippen LogP contribution in [0.1, 0.15) is 13.1 Å². The molecule has 104 valence electrons. The zero-order valence-electron chi connectivity index (χ0n) is 12.2. The fourth-order valence-electron chi connectivity index (χ4n) is 2.21. The molecule has 0 aliphatic heterocycles. The molecule has 0 saturated heterocycles. The van der Waals surface area contributed by atoms with Gasteiger partial charge in [0.1, 0.15) is 19.5 Å². The molecule has 0 aliphatic carbocycles. The summed E-state index contributed by atoms with van der Waals surface area (Å²) in [4.78, 5) is 2.05.